The van der Waals surface area contributed by atoms with Crippen LogP contribution in [0.1, 0.15) is 28.9 Å². The second-order valence-electron chi connectivity index (χ2n) is 7.33. The summed E-state index contributed by atoms with van der Waals surface area (Å²) in [5, 5.41) is 0. The average molecular weight is 380 g/mol. The molecule has 0 atom stereocenters. The summed E-state index contributed by atoms with van der Waals surface area (Å²) in [6.45, 7) is 8.43. The Morgan fingerprint density at radius 2 is 1.61 bits per heavy atom. The largest absolute Gasteiger partial charge is 0.351 e. The van der Waals surface area contributed by atoms with Gasteiger partial charge in [0.2, 0.25) is 5.91 Å². The third kappa shape index (κ3) is 4.27. The molecule has 0 radical (unpaired) electrons. The van der Waals surface area contributed by atoms with Crippen molar-refractivity contribution in [1.82, 2.24) is 14.4 Å². The van der Waals surface area contributed by atoms with Crippen molar-refractivity contribution in [3.63, 3.8) is 0 Å². The highest BCUT2D eigenvalue weighted by Gasteiger charge is 2.19. The first kappa shape index (κ1) is 19.7. The maximum Gasteiger partial charge on any atom is 0.314 e. The Morgan fingerprint density at radius 1 is 0.964 bits per heavy atom. The highest BCUT2D eigenvalue weighted by molar-refractivity contribution is 5.92. The van der Waals surface area contributed by atoms with Crippen LogP contribution in [0.2, 0.25) is 0 Å². The summed E-state index contributed by atoms with van der Waals surface area (Å²) < 4.78 is 2.19. The number of aromatic nitrogens is 1. The molecule has 2 heterocycles. The van der Waals surface area contributed by atoms with E-state index < -0.39 is 6.03 Å². The molecule has 1 aromatic carbocycles. The molecule has 0 bridgehead atoms. The van der Waals surface area contributed by atoms with Crippen LogP contribution in [-0.4, -0.2) is 52.5 Å². The minimum atomic E-state index is -0.423. The number of rotatable bonds is 3. The monoisotopic (exact) mass is 380 g/mol. The number of primary amides is 1. The summed E-state index contributed by atoms with van der Waals surface area (Å²) in [6, 6.07) is 10.1. The van der Waals surface area contributed by atoms with Gasteiger partial charge in [-0.2, -0.15) is 0 Å². The molecule has 6 heteroatoms. The molecule has 0 spiro atoms. The number of nitrogens with zero attached hydrogens (tertiary/aromatic N) is 3. The molecule has 2 N–H and O–H groups in total. The van der Waals surface area contributed by atoms with Gasteiger partial charge in [0.1, 0.15) is 0 Å². The number of nitrogens with two attached hydrogens (primary N) is 1. The quantitative estimate of drug-likeness (QED) is 0.832. The molecule has 2 aromatic rings. The van der Waals surface area contributed by atoms with Crippen molar-refractivity contribution < 1.29 is 9.59 Å². The standard InChI is InChI=1S/C22H28N4O2/c1-16-5-8-20(9-6-16)26-17(2)15-19(18(26)3)7-10-21(27)24-11-4-12-25(14-13-24)22(23)28/h5-10,15H,4,11-14H2,1-3H3,(H2,23,28). The number of urea groups is 1. The van der Waals surface area contributed by atoms with Crippen LogP contribution in [0, 0.1) is 20.8 Å². The van der Waals surface area contributed by atoms with Crippen LogP contribution in [0.5, 0.6) is 0 Å². The average Bonchev–Trinajstić information content (AvgIpc) is 2.84. The summed E-state index contributed by atoms with van der Waals surface area (Å²) in [4.78, 5) is 27.3. The summed E-state index contributed by atoms with van der Waals surface area (Å²) in [5.74, 6) is -0.0357. The van der Waals surface area contributed by atoms with Gasteiger partial charge in [-0.3, -0.25) is 4.79 Å². The normalized spacial score (nSPS) is 15.1. The highest BCUT2D eigenvalue weighted by Crippen LogP contribution is 2.22. The SMILES string of the molecule is Cc1ccc(-n2c(C)cc(C=CC(=O)N3CCCN(C(N)=O)CC3)c2C)cc1. The molecule has 6 nitrogen and oxygen atoms in total. The fourth-order valence-corrected chi connectivity index (χ4v) is 3.67. The van der Waals surface area contributed by atoms with E-state index in [2.05, 4.69) is 55.7 Å². The van der Waals surface area contributed by atoms with Crippen molar-refractivity contribution in [2.24, 2.45) is 5.73 Å². The molecule has 1 aliphatic heterocycles. The van der Waals surface area contributed by atoms with Crippen LogP contribution in [-0.2, 0) is 4.79 Å². The lowest BCUT2D eigenvalue weighted by molar-refractivity contribution is -0.125. The molecule has 1 saturated heterocycles. The molecule has 0 aliphatic carbocycles. The van der Waals surface area contributed by atoms with Crippen LogP contribution < -0.4 is 5.73 Å². The zero-order valence-electron chi connectivity index (χ0n) is 16.8. The zero-order chi connectivity index (χ0) is 20.3. The van der Waals surface area contributed by atoms with E-state index in [1.165, 1.54) is 5.56 Å². The van der Waals surface area contributed by atoms with Crippen LogP contribution in [0.25, 0.3) is 11.8 Å². The second-order valence-corrected chi connectivity index (χ2v) is 7.33. The lowest BCUT2D eigenvalue weighted by atomic mass is 10.2. The number of benzene rings is 1. The van der Waals surface area contributed by atoms with E-state index in [1.54, 1.807) is 15.9 Å². The van der Waals surface area contributed by atoms with Gasteiger partial charge in [-0.15, -0.1) is 0 Å². The predicted molar refractivity (Wildman–Crippen MR) is 111 cm³/mol. The molecule has 148 valence electrons. The van der Waals surface area contributed by atoms with E-state index in [0.717, 1.165) is 29.1 Å². The predicted octanol–water partition coefficient (Wildman–Crippen LogP) is 3.03. The number of aryl methyl sites for hydroxylation is 2. The van der Waals surface area contributed by atoms with Crippen molar-refractivity contribution in [3.8, 4) is 5.69 Å². The Bertz CT molecular complexity index is 896. The smallest absolute Gasteiger partial charge is 0.314 e. The first-order valence-electron chi connectivity index (χ1n) is 9.64. The van der Waals surface area contributed by atoms with E-state index in [0.29, 0.717) is 26.2 Å². The lowest BCUT2D eigenvalue weighted by Gasteiger charge is -2.19. The fourth-order valence-electron chi connectivity index (χ4n) is 3.67. The summed E-state index contributed by atoms with van der Waals surface area (Å²) >= 11 is 0. The number of carbonyl (C=O) groups excluding carboxylic acids is 2. The van der Waals surface area contributed by atoms with Crippen molar-refractivity contribution in [2.75, 3.05) is 26.2 Å². The van der Waals surface area contributed by atoms with E-state index in [9.17, 15) is 9.59 Å². The first-order chi connectivity index (χ1) is 13.4. The number of hydrogen-bond donors (Lipinski definition) is 1. The third-order valence-electron chi connectivity index (χ3n) is 5.29. The van der Waals surface area contributed by atoms with Gasteiger partial charge in [0, 0.05) is 49.3 Å². The zero-order valence-corrected chi connectivity index (χ0v) is 16.8. The van der Waals surface area contributed by atoms with Gasteiger partial charge in [-0.05, 0) is 57.0 Å². The molecular weight excluding hydrogens is 352 g/mol. The van der Waals surface area contributed by atoms with Gasteiger partial charge < -0.3 is 20.1 Å². The molecule has 1 aliphatic rings. The van der Waals surface area contributed by atoms with Gasteiger partial charge in [0.05, 0.1) is 0 Å². The van der Waals surface area contributed by atoms with E-state index in [1.807, 2.05) is 6.08 Å². The molecular formula is C22H28N4O2. The molecule has 3 rings (SSSR count). The van der Waals surface area contributed by atoms with E-state index in [-0.39, 0.29) is 5.91 Å². The van der Waals surface area contributed by atoms with Gasteiger partial charge in [0.25, 0.3) is 0 Å². The minimum Gasteiger partial charge on any atom is -0.351 e. The Balaban J connectivity index is 1.74. The van der Waals surface area contributed by atoms with Crippen LogP contribution in [0.3, 0.4) is 0 Å². The van der Waals surface area contributed by atoms with Gasteiger partial charge in [0.15, 0.2) is 0 Å². The molecule has 1 aromatic heterocycles. The molecule has 1 fully saturated rings. The Kier molecular flexibility index (Phi) is 5.87. The van der Waals surface area contributed by atoms with Gasteiger partial charge >= 0.3 is 6.03 Å². The van der Waals surface area contributed by atoms with Crippen LogP contribution in [0.15, 0.2) is 36.4 Å². The fraction of sp³-hybridized carbons (Fsp3) is 0.364. The number of amides is 3. The van der Waals surface area contributed by atoms with Crippen molar-refractivity contribution in [1.29, 1.82) is 0 Å². The highest BCUT2D eigenvalue weighted by atomic mass is 16.2. The number of hydrogen-bond acceptors (Lipinski definition) is 2. The Labute approximate surface area is 166 Å². The summed E-state index contributed by atoms with van der Waals surface area (Å²) in [6.07, 6.45) is 4.25. The Hall–Kier alpha value is -3.02. The Morgan fingerprint density at radius 3 is 2.29 bits per heavy atom. The van der Waals surface area contributed by atoms with Crippen molar-refractivity contribution in [2.45, 2.75) is 27.2 Å². The topological polar surface area (TPSA) is 71.6 Å². The molecule has 3 amide bonds. The van der Waals surface area contributed by atoms with E-state index >= 15 is 0 Å². The van der Waals surface area contributed by atoms with Crippen LogP contribution >= 0.6 is 0 Å². The van der Waals surface area contributed by atoms with E-state index in [4.69, 9.17) is 5.73 Å². The second kappa shape index (κ2) is 8.33. The lowest BCUT2D eigenvalue weighted by Crippen LogP contribution is -2.39. The maximum atomic E-state index is 12.6. The first-order valence-corrected chi connectivity index (χ1v) is 9.64. The summed E-state index contributed by atoms with van der Waals surface area (Å²) in [5.41, 5.74) is 10.9. The maximum absolute atomic E-state index is 12.6. The molecule has 0 saturated carbocycles. The van der Waals surface area contributed by atoms with Crippen molar-refractivity contribution in [3.05, 3.63) is 58.9 Å². The molecule has 0 unspecified atom stereocenters. The van der Waals surface area contributed by atoms with Crippen molar-refractivity contribution >= 4 is 18.0 Å². The van der Waals surface area contributed by atoms with Crippen LogP contribution in [0.4, 0.5) is 4.79 Å². The summed E-state index contributed by atoms with van der Waals surface area (Å²) in [7, 11) is 0. The number of carbonyl (C=O) groups is 2. The third-order valence-corrected chi connectivity index (χ3v) is 5.29. The minimum absolute atomic E-state index is 0.0357. The van der Waals surface area contributed by atoms with Gasteiger partial charge in [-0.1, -0.05) is 17.7 Å². The molecule has 28 heavy (non-hydrogen) atoms. The van der Waals surface area contributed by atoms with Gasteiger partial charge in [-0.25, -0.2) is 4.79 Å².